The van der Waals surface area contributed by atoms with Crippen LogP contribution in [-0.2, 0) is 16.4 Å². The molecular weight excluding hydrogens is 406 g/mol. The van der Waals surface area contributed by atoms with Crippen LogP contribution in [0.1, 0.15) is 11.1 Å². The van der Waals surface area contributed by atoms with Crippen LogP contribution in [0.15, 0.2) is 82.7 Å². The molecule has 7 heteroatoms. The predicted octanol–water partition coefficient (Wildman–Crippen LogP) is 5.04. The Morgan fingerprint density at radius 3 is 2.14 bits per heavy atom. The molecule has 0 aliphatic rings. The van der Waals surface area contributed by atoms with E-state index in [-0.39, 0.29) is 15.7 Å². The Kier molecular flexibility index (Phi) is 5.22. The summed E-state index contributed by atoms with van der Waals surface area (Å²) in [5, 5.41) is 3.68. The predicted molar refractivity (Wildman–Crippen MR) is 115 cm³/mol. The fraction of sp³-hybridized carbons (Fsp3) is 0.0909. The van der Waals surface area contributed by atoms with Crippen molar-refractivity contribution in [3.8, 4) is 0 Å². The van der Waals surface area contributed by atoms with E-state index in [4.69, 9.17) is 11.6 Å². The third kappa shape index (κ3) is 4.09. The van der Waals surface area contributed by atoms with E-state index in [0.29, 0.717) is 22.6 Å². The van der Waals surface area contributed by atoms with Crippen LogP contribution in [0.3, 0.4) is 0 Å². The number of nitrogens with zero attached hydrogens (tertiary/aromatic N) is 2. The number of sulfone groups is 1. The van der Waals surface area contributed by atoms with Gasteiger partial charge in [-0.1, -0.05) is 53.6 Å². The van der Waals surface area contributed by atoms with Crippen molar-refractivity contribution >= 4 is 38.3 Å². The second kappa shape index (κ2) is 7.81. The molecule has 29 heavy (non-hydrogen) atoms. The van der Waals surface area contributed by atoms with Gasteiger partial charge in [0.05, 0.1) is 15.9 Å². The Labute approximate surface area is 174 Å². The Morgan fingerprint density at radius 1 is 0.862 bits per heavy atom. The van der Waals surface area contributed by atoms with Crippen molar-refractivity contribution in [2.24, 2.45) is 0 Å². The Bertz CT molecular complexity index is 1270. The number of fused-ring (bicyclic) bond motifs is 1. The number of rotatable bonds is 5. The smallest absolute Gasteiger partial charge is 0.227 e. The standard InChI is InChI=1S/C22H18ClN3O2S/c1-15-6-12-18(13-7-15)29(27,28)22-21(24-14-16-8-10-17(23)11-9-16)25-19-4-2-3-5-20(19)26-22/h2-13H,14H2,1H3,(H,24,25). The van der Waals surface area contributed by atoms with Gasteiger partial charge in [-0.3, -0.25) is 0 Å². The third-order valence-corrected chi connectivity index (χ3v) is 6.44. The Balaban J connectivity index is 1.79. The summed E-state index contributed by atoms with van der Waals surface area (Å²) >= 11 is 5.94. The second-order valence-corrected chi connectivity index (χ2v) is 8.96. The van der Waals surface area contributed by atoms with E-state index in [1.807, 2.05) is 25.1 Å². The van der Waals surface area contributed by atoms with Crippen molar-refractivity contribution in [3.05, 3.63) is 88.9 Å². The van der Waals surface area contributed by atoms with E-state index in [1.165, 1.54) is 0 Å². The number of aryl methyl sites for hydroxylation is 1. The number of benzene rings is 3. The van der Waals surface area contributed by atoms with E-state index in [2.05, 4.69) is 15.3 Å². The molecule has 0 atom stereocenters. The maximum absolute atomic E-state index is 13.3. The Hall–Kier alpha value is -2.96. The summed E-state index contributed by atoms with van der Waals surface area (Å²) in [4.78, 5) is 9.16. The average Bonchev–Trinajstić information content (AvgIpc) is 2.73. The second-order valence-electron chi connectivity index (χ2n) is 6.66. The van der Waals surface area contributed by atoms with E-state index in [0.717, 1.165) is 11.1 Å². The molecule has 1 aromatic heterocycles. The van der Waals surface area contributed by atoms with Gasteiger partial charge in [-0.2, -0.15) is 0 Å². The molecule has 3 aromatic carbocycles. The normalized spacial score (nSPS) is 11.5. The van der Waals surface area contributed by atoms with Crippen LogP contribution in [-0.4, -0.2) is 18.4 Å². The maximum Gasteiger partial charge on any atom is 0.227 e. The first-order valence-corrected chi connectivity index (χ1v) is 10.9. The summed E-state index contributed by atoms with van der Waals surface area (Å²) in [6.45, 7) is 2.30. The molecule has 5 nitrogen and oxygen atoms in total. The van der Waals surface area contributed by atoms with Crippen LogP contribution in [0.25, 0.3) is 11.0 Å². The molecule has 0 amide bonds. The van der Waals surface area contributed by atoms with Gasteiger partial charge in [0.15, 0.2) is 5.82 Å². The highest BCUT2D eigenvalue weighted by atomic mass is 35.5. The fourth-order valence-corrected chi connectivity index (χ4v) is 4.34. The molecule has 1 N–H and O–H groups in total. The van der Waals surface area contributed by atoms with Gasteiger partial charge in [-0.05, 0) is 48.9 Å². The van der Waals surface area contributed by atoms with Crippen molar-refractivity contribution < 1.29 is 8.42 Å². The van der Waals surface area contributed by atoms with Crippen LogP contribution < -0.4 is 5.32 Å². The largest absolute Gasteiger partial charge is 0.364 e. The van der Waals surface area contributed by atoms with Crippen LogP contribution in [0, 0.1) is 6.92 Å². The lowest BCUT2D eigenvalue weighted by atomic mass is 10.2. The summed E-state index contributed by atoms with van der Waals surface area (Å²) < 4.78 is 26.6. The van der Waals surface area contributed by atoms with Gasteiger partial charge in [0.1, 0.15) is 0 Å². The van der Waals surface area contributed by atoms with Crippen LogP contribution >= 0.6 is 11.6 Å². The highest BCUT2D eigenvalue weighted by Crippen LogP contribution is 2.27. The SMILES string of the molecule is Cc1ccc(S(=O)(=O)c2nc3ccccc3nc2NCc2ccc(Cl)cc2)cc1. The van der Waals surface area contributed by atoms with Crippen LogP contribution in [0.2, 0.25) is 5.02 Å². The number of halogens is 1. The van der Waals surface area contributed by atoms with E-state index in [9.17, 15) is 8.42 Å². The molecule has 0 bridgehead atoms. The molecule has 1 heterocycles. The highest BCUT2D eigenvalue weighted by Gasteiger charge is 2.25. The van der Waals surface area contributed by atoms with Gasteiger partial charge in [-0.15, -0.1) is 0 Å². The summed E-state index contributed by atoms with van der Waals surface area (Å²) in [5.74, 6) is 0.222. The topological polar surface area (TPSA) is 72.0 Å². The molecule has 0 saturated heterocycles. The number of hydrogen-bond donors (Lipinski definition) is 1. The number of aromatic nitrogens is 2. The van der Waals surface area contributed by atoms with Gasteiger partial charge < -0.3 is 5.32 Å². The van der Waals surface area contributed by atoms with Crippen LogP contribution in [0.5, 0.6) is 0 Å². The van der Waals surface area contributed by atoms with Gasteiger partial charge in [-0.25, -0.2) is 18.4 Å². The monoisotopic (exact) mass is 423 g/mol. The van der Waals surface area contributed by atoms with Gasteiger partial charge in [0.25, 0.3) is 0 Å². The molecule has 0 unspecified atom stereocenters. The van der Waals surface area contributed by atoms with Crippen molar-refractivity contribution in [2.75, 3.05) is 5.32 Å². The summed E-state index contributed by atoms with van der Waals surface area (Å²) in [6.07, 6.45) is 0. The zero-order chi connectivity index (χ0) is 20.4. The number of hydrogen-bond acceptors (Lipinski definition) is 5. The van der Waals surface area contributed by atoms with Gasteiger partial charge >= 0.3 is 0 Å². The molecule has 0 radical (unpaired) electrons. The molecule has 0 aliphatic heterocycles. The average molecular weight is 424 g/mol. The van der Waals surface area contributed by atoms with Crippen molar-refractivity contribution in [3.63, 3.8) is 0 Å². The van der Waals surface area contributed by atoms with E-state index < -0.39 is 9.84 Å². The Morgan fingerprint density at radius 2 is 1.48 bits per heavy atom. The lowest BCUT2D eigenvalue weighted by Gasteiger charge is -2.13. The minimum Gasteiger partial charge on any atom is -0.364 e. The third-order valence-electron chi connectivity index (χ3n) is 4.50. The quantitative estimate of drug-likeness (QED) is 0.487. The first-order chi connectivity index (χ1) is 13.9. The molecule has 4 aromatic rings. The lowest BCUT2D eigenvalue weighted by molar-refractivity contribution is 0.592. The van der Waals surface area contributed by atoms with Gasteiger partial charge in [0.2, 0.25) is 14.9 Å². The molecule has 4 rings (SSSR count). The minimum absolute atomic E-state index is 0.0889. The number of nitrogens with one attached hydrogen (secondary N) is 1. The van der Waals surface area contributed by atoms with Crippen molar-refractivity contribution in [1.82, 2.24) is 9.97 Å². The van der Waals surface area contributed by atoms with E-state index >= 15 is 0 Å². The summed E-state index contributed by atoms with van der Waals surface area (Å²) in [7, 11) is -3.85. The lowest BCUT2D eigenvalue weighted by Crippen LogP contribution is -2.12. The van der Waals surface area contributed by atoms with Gasteiger partial charge in [0, 0.05) is 11.6 Å². The van der Waals surface area contributed by atoms with Crippen molar-refractivity contribution in [2.45, 2.75) is 23.4 Å². The molecule has 146 valence electrons. The maximum atomic E-state index is 13.3. The first kappa shape index (κ1) is 19.4. The summed E-state index contributed by atoms with van der Waals surface area (Å²) in [6, 6.07) is 21.2. The number of para-hydroxylation sites is 2. The fourth-order valence-electron chi connectivity index (χ4n) is 2.90. The molecule has 0 aliphatic carbocycles. The molecule has 0 saturated carbocycles. The van der Waals surface area contributed by atoms with Crippen molar-refractivity contribution in [1.29, 1.82) is 0 Å². The summed E-state index contributed by atoms with van der Waals surface area (Å²) in [5.41, 5.74) is 3.07. The molecule has 0 spiro atoms. The first-order valence-electron chi connectivity index (χ1n) is 9.00. The minimum atomic E-state index is -3.85. The zero-order valence-corrected chi connectivity index (χ0v) is 17.2. The van der Waals surface area contributed by atoms with E-state index in [1.54, 1.807) is 54.6 Å². The molecule has 0 fully saturated rings. The molecular formula is C22H18ClN3O2S. The van der Waals surface area contributed by atoms with Crippen LogP contribution in [0.4, 0.5) is 5.82 Å². The highest BCUT2D eigenvalue weighted by molar-refractivity contribution is 7.91. The zero-order valence-electron chi connectivity index (χ0n) is 15.6. The number of anilines is 1.